The molecule has 4 unspecified atom stereocenters. The molecule has 0 saturated heterocycles. The predicted octanol–water partition coefficient (Wildman–Crippen LogP) is 2.44. The first-order valence-electron chi connectivity index (χ1n) is 5.92. The van der Waals surface area contributed by atoms with Crippen molar-refractivity contribution in [1.29, 1.82) is 0 Å². The van der Waals surface area contributed by atoms with Crippen LogP contribution >= 0.6 is 0 Å². The van der Waals surface area contributed by atoms with E-state index in [2.05, 4.69) is 26.1 Å². The molecule has 1 aliphatic carbocycles. The summed E-state index contributed by atoms with van der Waals surface area (Å²) in [4.78, 5) is 0. The van der Waals surface area contributed by atoms with Crippen molar-refractivity contribution < 1.29 is 4.74 Å². The van der Waals surface area contributed by atoms with Gasteiger partial charge in [0.25, 0.3) is 0 Å². The smallest absolute Gasteiger partial charge is 0.0620 e. The zero-order valence-corrected chi connectivity index (χ0v) is 10.0. The Morgan fingerprint density at radius 3 is 2.57 bits per heavy atom. The summed E-state index contributed by atoms with van der Waals surface area (Å²) in [7, 11) is 1.99. The van der Waals surface area contributed by atoms with Crippen LogP contribution in [0.4, 0.5) is 0 Å². The zero-order chi connectivity index (χ0) is 10.6. The summed E-state index contributed by atoms with van der Waals surface area (Å²) < 4.78 is 5.89. The fourth-order valence-corrected chi connectivity index (χ4v) is 2.01. The zero-order valence-electron chi connectivity index (χ0n) is 10.0. The van der Waals surface area contributed by atoms with Gasteiger partial charge < -0.3 is 10.1 Å². The average Bonchev–Trinajstić information content (AvgIpc) is 2.19. The Morgan fingerprint density at radius 2 is 2.00 bits per heavy atom. The third kappa shape index (κ3) is 3.58. The molecule has 84 valence electrons. The molecule has 1 rings (SSSR count). The van der Waals surface area contributed by atoms with Gasteiger partial charge in [0, 0.05) is 6.04 Å². The van der Waals surface area contributed by atoms with E-state index in [0.717, 1.165) is 18.4 Å². The third-order valence-corrected chi connectivity index (χ3v) is 3.62. The summed E-state index contributed by atoms with van der Waals surface area (Å²) in [6, 6.07) is 0.477. The van der Waals surface area contributed by atoms with Crippen LogP contribution in [0.5, 0.6) is 0 Å². The summed E-state index contributed by atoms with van der Waals surface area (Å²) in [5.41, 5.74) is 0. The number of hydrogen-bond acceptors (Lipinski definition) is 2. The van der Waals surface area contributed by atoms with E-state index in [1.807, 2.05) is 7.05 Å². The second kappa shape index (κ2) is 5.72. The van der Waals surface area contributed by atoms with Crippen LogP contribution in [0.25, 0.3) is 0 Å². The molecule has 4 atom stereocenters. The highest BCUT2D eigenvalue weighted by Gasteiger charge is 2.24. The van der Waals surface area contributed by atoms with Gasteiger partial charge in [-0.25, -0.2) is 0 Å². The van der Waals surface area contributed by atoms with E-state index in [1.54, 1.807) is 0 Å². The predicted molar refractivity (Wildman–Crippen MR) is 60.4 cm³/mol. The fraction of sp³-hybridized carbons (Fsp3) is 1.00. The largest absolute Gasteiger partial charge is 0.377 e. The third-order valence-electron chi connectivity index (χ3n) is 3.62. The molecule has 1 aliphatic rings. The minimum atomic E-state index is 0.477. The number of nitrogens with one attached hydrogen (secondary N) is 1. The number of likely N-dealkylation sites (N-methyl/N-ethyl adjacent to an activating group) is 1. The molecule has 0 spiro atoms. The topological polar surface area (TPSA) is 21.3 Å². The molecule has 1 fully saturated rings. The standard InChI is InChI=1S/C12H25NO/c1-9-5-6-12(7-10(9)2)14-8-11(3)13-4/h9-13H,5-8H2,1-4H3. The van der Waals surface area contributed by atoms with E-state index < -0.39 is 0 Å². The molecule has 0 aromatic rings. The van der Waals surface area contributed by atoms with Gasteiger partial charge in [-0.05, 0) is 45.1 Å². The van der Waals surface area contributed by atoms with Gasteiger partial charge in [-0.2, -0.15) is 0 Å². The Bertz CT molecular complexity index is 160. The van der Waals surface area contributed by atoms with Crippen LogP contribution in [-0.4, -0.2) is 25.8 Å². The highest BCUT2D eigenvalue weighted by Crippen LogP contribution is 2.30. The molecular formula is C12H25NO. The summed E-state index contributed by atoms with van der Waals surface area (Å²) in [6.45, 7) is 7.72. The summed E-state index contributed by atoms with van der Waals surface area (Å²) in [6.07, 6.45) is 4.34. The van der Waals surface area contributed by atoms with Crippen LogP contribution in [0.1, 0.15) is 40.0 Å². The SMILES string of the molecule is CNC(C)COC1CCC(C)C(C)C1. The van der Waals surface area contributed by atoms with Crippen LogP contribution in [0.3, 0.4) is 0 Å². The van der Waals surface area contributed by atoms with E-state index >= 15 is 0 Å². The van der Waals surface area contributed by atoms with Crippen molar-refractivity contribution in [2.45, 2.75) is 52.2 Å². The molecule has 0 amide bonds. The molecule has 0 bridgehead atoms. The first-order chi connectivity index (χ1) is 6.63. The lowest BCUT2D eigenvalue weighted by Crippen LogP contribution is -2.32. The van der Waals surface area contributed by atoms with Crippen molar-refractivity contribution >= 4 is 0 Å². The van der Waals surface area contributed by atoms with Gasteiger partial charge >= 0.3 is 0 Å². The van der Waals surface area contributed by atoms with Gasteiger partial charge in [0.2, 0.25) is 0 Å². The minimum Gasteiger partial charge on any atom is -0.377 e. The fourth-order valence-electron chi connectivity index (χ4n) is 2.01. The van der Waals surface area contributed by atoms with E-state index in [0.29, 0.717) is 12.1 Å². The molecule has 0 radical (unpaired) electrons. The molecule has 2 heteroatoms. The summed E-state index contributed by atoms with van der Waals surface area (Å²) in [5, 5.41) is 3.20. The second-order valence-corrected chi connectivity index (χ2v) is 4.91. The first kappa shape index (κ1) is 12.0. The van der Waals surface area contributed by atoms with Gasteiger partial charge in [0.1, 0.15) is 0 Å². The molecule has 2 nitrogen and oxygen atoms in total. The second-order valence-electron chi connectivity index (χ2n) is 4.91. The number of rotatable bonds is 4. The minimum absolute atomic E-state index is 0.477. The average molecular weight is 199 g/mol. The van der Waals surface area contributed by atoms with Gasteiger partial charge in [-0.3, -0.25) is 0 Å². The Kier molecular flexibility index (Phi) is 4.90. The maximum absolute atomic E-state index is 5.89. The Labute approximate surface area is 88.4 Å². The number of hydrogen-bond donors (Lipinski definition) is 1. The highest BCUT2D eigenvalue weighted by atomic mass is 16.5. The van der Waals surface area contributed by atoms with Gasteiger partial charge in [0.05, 0.1) is 12.7 Å². The summed E-state index contributed by atoms with van der Waals surface area (Å²) in [5.74, 6) is 1.72. The molecule has 0 aromatic carbocycles. The first-order valence-corrected chi connectivity index (χ1v) is 5.92. The lowest BCUT2D eigenvalue weighted by atomic mass is 9.80. The lowest BCUT2D eigenvalue weighted by molar-refractivity contribution is -0.00463. The van der Waals surface area contributed by atoms with Crippen LogP contribution < -0.4 is 5.32 Å². The monoisotopic (exact) mass is 199 g/mol. The Hall–Kier alpha value is -0.0800. The van der Waals surface area contributed by atoms with Crippen molar-refractivity contribution in [2.75, 3.05) is 13.7 Å². The van der Waals surface area contributed by atoms with Crippen molar-refractivity contribution in [1.82, 2.24) is 5.32 Å². The van der Waals surface area contributed by atoms with Crippen molar-refractivity contribution in [2.24, 2.45) is 11.8 Å². The van der Waals surface area contributed by atoms with Gasteiger partial charge in [-0.1, -0.05) is 13.8 Å². The van der Waals surface area contributed by atoms with Gasteiger partial charge in [0.15, 0.2) is 0 Å². The summed E-state index contributed by atoms with van der Waals surface area (Å²) >= 11 is 0. The normalized spacial score (nSPS) is 35.6. The molecule has 1 N–H and O–H groups in total. The van der Waals surface area contributed by atoms with E-state index in [-0.39, 0.29) is 0 Å². The molecule has 14 heavy (non-hydrogen) atoms. The maximum atomic E-state index is 5.89. The van der Waals surface area contributed by atoms with E-state index in [4.69, 9.17) is 4.74 Å². The maximum Gasteiger partial charge on any atom is 0.0620 e. The molecule has 0 aromatic heterocycles. The Balaban J connectivity index is 2.20. The lowest BCUT2D eigenvalue weighted by Gasteiger charge is -2.32. The Morgan fingerprint density at radius 1 is 1.29 bits per heavy atom. The van der Waals surface area contributed by atoms with E-state index in [1.165, 1.54) is 19.3 Å². The molecule has 0 heterocycles. The quantitative estimate of drug-likeness (QED) is 0.751. The van der Waals surface area contributed by atoms with Crippen LogP contribution in [0.15, 0.2) is 0 Å². The number of ether oxygens (including phenoxy) is 1. The van der Waals surface area contributed by atoms with E-state index in [9.17, 15) is 0 Å². The van der Waals surface area contributed by atoms with Crippen molar-refractivity contribution in [3.05, 3.63) is 0 Å². The van der Waals surface area contributed by atoms with Gasteiger partial charge in [-0.15, -0.1) is 0 Å². The van der Waals surface area contributed by atoms with Crippen molar-refractivity contribution in [3.8, 4) is 0 Å². The van der Waals surface area contributed by atoms with Crippen LogP contribution in [0, 0.1) is 11.8 Å². The molecular weight excluding hydrogens is 174 g/mol. The molecule has 0 aliphatic heterocycles. The van der Waals surface area contributed by atoms with Crippen LogP contribution in [0.2, 0.25) is 0 Å². The van der Waals surface area contributed by atoms with Crippen LogP contribution in [-0.2, 0) is 4.74 Å². The molecule has 1 saturated carbocycles. The highest BCUT2D eigenvalue weighted by molar-refractivity contribution is 4.76. The van der Waals surface area contributed by atoms with Crippen molar-refractivity contribution in [3.63, 3.8) is 0 Å².